The van der Waals surface area contributed by atoms with E-state index in [9.17, 15) is 4.79 Å². The number of hydrogen-bond acceptors (Lipinski definition) is 3. The molecule has 2 rings (SSSR count). The van der Waals surface area contributed by atoms with Crippen molar-refractivity contribution in [3.05, 3.63) is 58.4 Å². The van der Waals surface area contributed by atoms with Gasteiger partial charge in [0.2, 0.25) is 0 Å². The van der Waals surface area contributed by atoms with E-state index in [1.807, 2.05) is 26.0 Å². The molecule has 1 aromatic carbocycles. The van der Waals surface area contributed by atoms with Crippen molar-refractivity contribution in [2.24, 2.45) is 0 Å². The molecule has 0 amide bonds. The summed E-state index contributed by atoms with van der Waals surface area (Å²) >= 11 is 0. The number of nitrogens with one attached hydrogen (secondary N) is 1. The van der Waals surface area contributed by atoms with Gasteiger partial charge < -0.3 is 10.1 Å². The Morgan fingerprint density at radius 1 is 1.26 bits per heavy atom. The quantitative estimate of drug-likeness (QED) is 0.828. The van der Waals surface area contributed by atoms with Gasteiger partial charge in [-0.2, -0.15) is 0 Å². The van der Waals surface area contributed by atoms with E-state index in [-0.39, 0.29) is 11.9 Å². The molecular formula is C16H19NO2. The maximum absolute atomic E-state index is 12.0. The highest BCUT2D eigenvalue weighted by Gasteiger charge is 2.27. The molecule has 1 N–H and O–H groups in total. The third kappa shape index (κ3) is 2.70. The lowest BCUT2D eigenvalue weighted by Crippen LogP contribution is -2.25. The van der Waals surface area contributed by atoms with E-state index in [0.29, 0.717) is 5.57 Å². The summed E-state index contributed by atoms with van der Waals surface area (Å²) < 4.78 is 4.91. The molecule has 1 heterocycles. The molecule has 1 atom stereocenters. The SMILES string of the molecule is COC(=O)C1=C(C)NC(C)=CC1c1cccc(C)c1. The Bertz CT molecular complexity index is 570. The van der Waals surface area contributed by atoms with Gasteiger partial charge in [-0.15, -0.1) is 0 Å². The predicted octanol–water partition coefficient (Wildman–Crippen LogP) is 3.03. The van der Waals surface area contributed by atoms with Crippen LogP contribution in [0.5, 0.6) is 0 Å². The second-order valence-corrected chi connectivity index (χ2v) is 4.90. The van der Waals surface area contributed by atoms with E-state index in [1.54, 1.807) is 0 Å². The third-order valence-electron chi connectivity index (χ3n) is 3.32. The number of methoxy groups -OCH3 is 1. The second kappa shape index (κ2) is 5.31. The maximum atomic E-state index is 12.0. The molecule has 0 saturated carbocycles. The van der Waals surface area contributed by atoms with Crippen molar-refractivity contribution in [2.45, 2.75) is 26.7 Å². The molecule has 0 saturated heterocycles. The number of ether oxygens (including phenoxy) is 1. The Kier molecular flexibility index (Phi) is 3.74. The molecule has 0 aliphatic carbocycles. The van der Waals surface area contributed by atoms with Crippen LogP contribution in [0.1, 0.15) is 30.9 Å². The van der Waals surface area contributed by atoms with Gasteiger partial charge in [0.05, 0.1) is 12.7 Å². The first-order chi connectivity index (χ1) is 9.02. The molecule has 0 spiro atoms. The summed E-state index contributed by atoms with van der Waals surface area (Å²) in [5.74, 6) is -0.325. The van der Waals surface area contributed by atoms with E-state index >= 15 is 0 Å². The van der Waals surface area contributed by atoms with Gasteiger partial charge in [0, 0.05) is 17.3 Å². The van der Waals surface area contributed by atoms with Crippen molar-refractivity contribution in [3.8, 4) is 0 Å². The molecule has 1 aromatic rings. The van der Waals surface area contributed by atoms with Crippen molar-refractivity contribution in [2.75, 3.05) is 7.11 Å². The molecule has 1 unspecified atom stereocenters. The zero-order valence-corrected chi connectivity index (χ0v) is 11.8. The largest absolute Gasteiger partial charge is 0.466 e. The number of rotatable bonds is 2. The van der Waals surface area contributed by atoms with Gasteiger partial charge in [0.25, 0.3) is 0 Å². The van der Waals surface area contributed by atoms with Crippen LogP contribution in [0.15, 0.2) is 47.3 Å². The normalized spacial score (nSPS) is 18.7. The van der Waals surface area contributed by atoms with Crippen molar-refractivity contribution in [1.29, 1.82) is 0 Å². The van der Waals surface area contributed by atoms with E-state index in [1.165, 1.54) is 12.7 Å². The Morgan fingerprint density at radius 3 is 2.63 bits per heavy atom. The van der Waals surface area contributed by atoms with Crippen molar-refractivity contribution >= 4 is 5.97 Å². The van der Waals surface area contributed by atoms with Gasteiger partial charge in [-0.05, 0) is 26.3 Å². The molecule has 1 aliphatic heterocycles. The van der Waals surface area contributed by atoms with E-state index in [0.717, 1.165) is 17.0 Å². The van der Waals surface area contributed by atoms with Crippen LogP contribution in [0.4, 0.5) is 0 Å². The Hall–Kier alpha value is -2.03. The second-order valence-electron chi connectivity index (χ2n) is 4.90. The highest BCUT2D eigenvalue weighted by atomic mass is 16.5. The fourth-order valence-electron chi connectivity index (χ4n) is 2.49. The van der Waals surface area contributed by atoms with Crippen LogP contribution in [0.3, 0.4) is 0 Å². The van der Waals surface area contributed by atoms with Gasteiger partial charge in [-0.25, -0.2) is 4.79 Å². The molecule has 0 radical (unpaired) electrons. The Labute approximate surface area is 114 Å². The number of allylic oxidation sites excluding steroid dienone is 3. The van der Waals surface area contributed by atoms with Crippen molar-refractivity contribution in [1.82, 2.24) is 5.32 Å². The topological polar surface area (TPSA) is 38.3 Å². The fourth-order valence-corrected chi connectivity index (χ4v) is 2.49. The molecule has 100 valence electrons. The fraction of sp³-hybridized carbons (Fsp3) is 0.312. The van der Waals surface area contributed by atoms with E-state index < -0.39 is 0 Å². The summed E-state index contributed by atoms with van der Waals surface area (Å²) in [5, 5.41) is 3.20. The van der Waals surface area contributed by atoms with Crippen LogP contribution in [-0.4, -0.2) is 13.1 Å². The summed E-state index contributed by atoms with van der Waals surface area (Å²) in [4.78, 5) is 12.0. The average molecular weight is 257 g/mol. The molecule has 1 aliphatic rings. The number of aryl methyl sites for hydroxylation is 1. The molecular weight excluding hydrogens is 238 g/mol. The predicted molar refractivity (Wildman–Crippen MR) is 75.5 cm³/mol. The lowest BCUT2D eigenvalue weighted by Gasteiger charge is -2.25. The van der Waals surface area contributed by atoms with Crippen LogP contribution in [0.2, 0.25) is 0 Å². The monoisotopic (exact) mass is 257 g/mol. The summed E-state index contributed by atoms with van der Waals surface area (Å²) in [5.41, 5.74) is 4.89. The van der Waals surface area contributed by atoms with Crippen LogP contribution in [0.25, 0.3) is 0 Å². The van der Waals surface area contributed by atoms with Gasteiger partial charge in [0.15, 0.2) is 0 Å². The summed E-state index contributed by atoms with van der Waals surface area (Å²) in [6.07, 6.45) is 2.06. The molecule has 0 aromatic heterocycles. The lowest BCUT2D eigenvalue weighted by molar-refractivity contribution is -0.136. The Balaban J connectivity index is 2.50. The first-order valence-corrected chi connectivity index (χ1v) is 6.34. The summed E-state index contributed by atoms with van der Waals surface area (Å²) in [6.45, 7) is 5.96. The van der Waals surface area contributed by atoms with Gasteiger partial charge in [0.1, 0.15) is 0 Å². The summed E-state index contributed by atoms with van der Waals surface area (Å²) in [7, 11) is 1.42. The zero-order valence-electron chi connectivity index (χ0n) is 11.8. The van der Waals surface area contributed by atoms with Gasteiger partial charge in [-0.1, -0.05) is 35.9 Å². The zero-order chi connectivity index (χ0) is 14.0. The summed E-state index contributed by atoms with van der Waals surface area (Å²) in [6, 6.07) is 8.22. The lowest BCUT2D eigenvalue weighted by atomic mass is 9.86. The molecule has 19 heavy (non-hydrogen) atoms. The number of carbonyl (C=O) groups excluding carboxylic acids is 1. The third-order valence-corrected chi connectivity index (χ3v) is 3.32. The first-order valence-electron chi connectivity index (χ1n) is 6.34. The number of carbonyl (C=O) groups is 1. The standard InChI is InChI=1S/C16H19NO2/c1-10-6-5-7-13(8-10)14-9-11(2)17-12(3)15(14)16(18)19-4/h5-9,14,17H,1-4H3. The number of hydrogen-bond donors (Lipinski definition) is 1. The smallest absolute Gasteiger partial charge is 0.336 e. The van der Waals surface area contributed by atoms with Gasteiger partial charge in [-0.3, -0.25) is 0 Å². The molecule has 3 nitrogen and oxygen atoms in total. The highest BCUT2D eigenvalue weighted by molar-refractivity contribution is 5.92. The average Bonchev–Trinajstić information content (AvgIpc) is 2.37. The molecule has 0 fully saturated rings. The number of benzene rings is 1. The number of esters is 1. The highest BCUT2D eigenvalue weighted by Crippen LogP contribution is 2.32. The van der Waals surface area contributed by atoms with E-state index in [2.05, 4.69) is 30.4 Å². The van der Waals surface area contributed by atoms with Crippen LogP contribution in [-0.2, 0) is 9.53 Å². The maximum Gasteiger partial charge on any atom is 0.336 e. The molecule has 0 bridgehead atoms. The minimum absolute atomic E-state index is 0.0476. The van der Waals surface area contributed by atoms with Gasteiger partial charge >= 0.3 is 5.97 Å². The van der Waals surface area contributed by atoms with Crippen LogP contribution < -0.4 is 5.32 Å². The van der Waals surface area contributed by atoms with Crippen molar-refractivity contribution in [3.63, 3.8) is 0 Å². The van der Waals surface area contributed by atoms with Crippen LogP contribution in [0, 0.1) is 6.92 Å². The first kappa shape index (κ1) is 13.4. The van der Waals surface area contributed by atoms with Crippen LogP contribution >= 0.6 is 0 Å². The Morgan fingerprint density at radius 2 is 2.00 bits per heavy atom. The molecule has 3 heteroatoms. The van der Waals surface area contributed by atoms with E-state index in [4.69, 9.17) is 4.74 Å². The van der Waals surface area contributed by atoms with Crippen molar-refractivity contribution < 1.29 is 9.53 Å². The minimum atomic E-state index is -0.278. The minimum Gasteiger partial charge on any atom is -0.466 e. The number of dihydropyridines is 1.